The highest BCUT2D eigenvalue weighted by Gasteiger charge is 2.12. The van der Waals surface area contributed by atoms with Crippen molar-refractivity contribution in [3.8, 4) is 0 Å². The minimum Gasteiger partial charge on any atom is -0.450 e. The van der Waals surface area contributed by atoms with Crippen molar-refractivity contribution in [2.24, 2.45) is 0 Å². The van der Waals surface area contributed by atoms with E-state index in [9.17, 15) is 4.79 Å². The topological polar surface area (TPSA) is 44.8 Å². The van der Waals surface area contributed by atoms with E-state index in [1.165, 1.54) is 26.2 Å². The van der Waals surface area contributed by atoms with Crippen LogP contribution in [0.1, 0.15) is 19.8 Å². The number of likely N-dealkylation sites (N-methyl/N-ethyl adjacent to an activating group) is 1. The van der Waals surface area contributed by atoms with E-state index in [0.29, 0.717) is 13.2 Å². The smallest absolute Gasteiger partial charge is 0.407 e. The molecule has 0 spiro atoms. The standard InChI is InChI=1S/C12H25N3O2/c1-3-17-12(16)13-6-4-5-7-15-10-8-14(2)9-11-15/h3-11H2,1-2H3,(H,13,16). The van der Waals surface area contributed by atoms with Crippen LogP contribution < -0.4 is 5.32 Å². The number of alkyl carbamates (subject to hydrolysis) is 1. The Hall–Kier alpha value is -0.810. The highest BCUT2D eigenvalue weighted by atomic mass is 16.5. The van der Waals surface area contributed by atoms with E-state index < -0.39 is 0 Å². The van der Waals surface area contributed by atoms with Crippen molar-refractivity contribution in [3.05, 3.63) is 0 Å². The average Bonchev–Trinajstić information content (AvgIpc) is 2.31. The first-order valence-electron chi connectivity index (χ1n) is 6.54. The van der Waals surface area contributed by atoms with E-state index >= 15 is 0 Å². The van der Waals surface area contributed by atoms with E-state index in [-0.39, 0.29) is 6.09 Å². The Morgan fingerprint density at radius 3 is 2.59 bits per heavy atom. The third-order valence-electron chi connectivity index (χ3n) is 3.04. The summed E-state index contributed by atoms with van der Waals surface area (Å²) in [5, 5.41) is 2.74. The van der Waals surface area contributed by atoms with Crippen LogP contribution in [-0.4, -0.2) is 68.8 Å². The number of nitrogens with zero attached hydrogens (tertiary/aromatic N) is 2. The Kier molecular flexibility index (Phi) is 6.96. The van der Waals surface area contributed by atoms with Crippen LogP contribution in [0.5, 0.6) is 0 Å². The Morgan fingerprint density at radius 1 is 1.24 bits per heavy atom. The number of rotatable bonds is 6. The molecule has 0 radical (unpaired) electrons. The number of hydrogen-bond acceptors (Lipinski definition) is 4. The van der Waals surface area contributed by atoms with Crippen LogP contribution in [0.3, 0.4) is 0 Å². The summed E-state index contributed by atoms with van der Waals surface area (Å²) in [6.07, 6.45) is 1.86. The molecule has 0 aromatic rings. The fourth-order valence-corrected chi connectivity index (χ4v) is 1.90. The molecule has 1 fully saturated rings. The van der Waals surface area contributed by atoms with Crippen LogP contribution >= 0.6 is 0 Å². The van der Waals surface area contributed by atoms with Gasteiger partial charge in [-0.3, -0.25) is 0 Å². The van der Waals surface area contributed by atoms with Crippen molar-refractivity contribution in [2.45, 2.75) is 19.8 Å². The zero-order valence-electron chi connectivity index (χ0n) is 11.1. The number of unbranched alkanes of at least 4 members (excludes halogenated alkanes) is 1. The van der Waals surface area contributed by atoms with Crippen LogP contribution in [0.15, 0.2) is 0 Å². The highest BCUT2D eigenvalue weighted by molar-refractivity contribution is 5.66. The van der Waals surface area contributed by atoms with Gasteiger partial charge in [-0.15, -0.1) is 0 Å². The number of carbonyl (C=O) groups is 1. The Bertz CT molecular complexity index is 216. The van der Waals surface area contributed by atoms with Crippen molar-refractivity contribution in [2.75, 3.05) is 52.9 Å². The molecular weight excluding hydrogens is 218 g/mol. The van der Waals surface area contributed by atoms with Gasteiger partial charge in [0, 0.05) is 32.7 Å². The maximum Gasteiger partial charge on any atom is 0.407 e. The molecule has 0 aromatic carbocycles. The molecule has 1 N–H and O–H groups in total. The van der Waals surface area contributed by atoms with Crippen molar-refractivity contribution in [3.63, 3.8) is 0 Å². The van der Waals surface area contributed by atoms with Crippen molar-refractivity contribution in [1.82, 2.24) is 15.1 Å². The fourth-order valence-electron chi connectivity index (χ4n) is 1.90. The van der Waals surface area contributed by atoms with Gasteiger partial charge in [-0.2, -0.15) is 0 Å². The first-order chi connectivity index (χ1) is 8.22. The molecule has 100 valence electrons. The second kappa shape index (κ2) is 8.31. The van der Waals surface area contributed by atoms with Gasteiger partial charge in [0.05, 0.1) is 6.61 Å². The number of hydrogen-bond donors (Lipinski definition) is 1. The third-order valence-corrected chi connectivity index (χ3v) is 3.04. The fraction of sp³-hybridized carbons (Fsp3) is 0.917. The van der Waals surface area contributed by atoms with Gasteiger partial charge in [0.1, 0.15) is 0 Å². The average molecular weight is 243 g/mol. The van der Waals surface area contributed by atoms with Crippen LogP contribution in [0.2, 0.25) is 0 Å². The van der Waals surface area contributed by atoms with Crippen LogP contribution in [-0.2, 0) is 4.74 Å². The van der Waals surface area contributed by atoms with Crippen molar-refractivity contribution < 1.29 is 9.53 Å². The van der Waals surface area contributed by atoms with Gasteiger partial charge < -0.3 is 19.9 Å². The maximum atomic E-state index is 11.0. The second-order valence-electron chi connectivity index (χ2n) is 4.50. The summed E-state index contributed by atoms with van der Waals surface area (Å²) in [6, 6.07) is 0. The molecule has 0 aliphatic carbocycles. The predicted octanol–water partition coefficient (Wildman–Crippen LogP) is 0.760. The lowest BCUT2D eigenvalue weighted by molar-refractivity contribution is 0.148. The maximum absolute atomic E-state index is 11.0. The van der Waals surface area contributed by atoms with Gasteiger partial charge in [0.25, 0.3) is 0 Å². The van der Waals surface area contributed by atoms with Crippen LogP contribution in [0.4, 0.5) is 4.79 Å². The summed E-state index contributed by atoms with van der Waals surface area (Å²) in [5.74, 6) is 0. The van der Waals surface area contributed by atoms with E-state index in [0.717, 1.165) is 19.4 Å². The van der Waals surface area contributed by atoms with Gasteiger partial charge in [-0.05, 0) is 33.4 Å². The van der Waals surface area contributed by atoms with E-state index in [1.807, 2.05) is 6.92 Å². The second-order valence-corrected chi connectivity index (χ2v) is 4.50. The largest absolute Gasteiger partial charge is 0.450 e. The number of ether oxygens (including phenoxy) is 1. The third kappa shape index (κ3) is 6.48. The Balaban J connectivity index is 1.92. The SMILES string of the molecule is CCOC(=O)NCCCCN1CCN(C)CC1. The molecule has 5 nitrogen and oxygen atoms in total. The molecule has 0 saturated carbocycles. The highest BCUT2D eigenvalue weighted by Crippen LogP contribution is 2.01. The summed E-state index contributed by atoms with van der Waals surface area (Å²) in [5.41, 5.74) is 0. The molecule has 0 unspecified atom stereocenters. The molecule has 1 aliphatic rings. The lowest BCUT2D eigenvalue weighted by Crippen LogP contribution is -2.44. The molecule has 1 rings (SSSR count). The van der Waals surface area contributed by atoms with Crippen LogP contribution in [0.25, 0.3) is 0 Å². The van der Waals surface area contributed by atoms with Crippen LogP contribution in [0, 0.1) is 0 Å². The van der Waals surface area contributed by atoms with Gasteiger partial charge in [0.15, 0.2) is 0 Å². The molecule has 1 amide bonds. The van der Waals surface area contributed by atoms with Gasteiger partial charge in [-0.1, -0.05) is 0 Å². The molecule has 0 bridgehead atoms. The minimum absolute atomic E-state index is 0.299. The molecule has 1 saturated heterocycles. The molecule has 0 atom stereocenters. The monoisotopic (exact) mass is 243 g/mol. The summed E-state index contributed by atoms with van der Waals surface area (Å²) < 4.78 is 4.78. The normalized spacial score (nSPS) is 18.0. The zero-order chi connectivity index (χ0) is 12.5. The summed E-state index contributed by atoms with van der Waals surface area (Å²) in [4.78, 5) is 15.8. The van der Waals surface area contributed by atoms with E-state index in [4.69, 9.17) is 4.74 Å². The molecule has 1 aliphatic heterocycles. The lowest BCUT2D eigenvalue weighted by atomic mass is 10.2. The molecular formula is C12H25N3O2. The predicted molar refractivity (Wildman–Crippen MR) is 68.2 cm³/mol. The summed E-state index contributed by atoms with van der Waals surface area (Å²) in [6.45, 7) is 8.77. The number of carbonyl (C=O) groups excluding carboxylic acids is 1. The summed E-state index contributed by atoms with van der Waals surface area (Å²) in [7, 11) is 2.17. The lowest BCUT2D eigenvalue weighted by Gasteiger charge is -2.32. The number of amides is 1. The first-order valence-corrected chi connectivity index (χ1v) is 6.54. The van der Waals surface area contributed by atoms with Gasteiger partial charge in [-0.25, -0.2) is 4.79 Å². The molecule has 17 heavy (non-hydrogen) atoms. The van der Waals surface area contributed by atoms with Crippen molar-refractivity contribution in [1.29, 1.82) is 0 Å². The van der Waals surface area contributed by atoms with E-state index in [2.05, 4.69) is 22.2 Å². The summed E-state index contributed by atoms with van der Waals surface area (Å²) >= 11 is 0. The Morgan fingerprint density at radius 2 is 1.94 bits per heavy atom. The van der Waals surface area contributed by atoms with Gasteiger partial charge >= 0.3 is 6.09 Å². The van der Waals surface area contributed by atoms with Crippen molar-refractivity contribution >= 4 is 6.09 Å². The van der Waals surface area contributed by atoms with E-state index in [1.54, 1.807) is 0 Å². The quantitative estimate of drug-likeness (QED) is 0.700. The molecule has 1 heterocycles. The number of piperazine rings is 1. The van der Waals surface area contributed by atoms with Gasteiger partial charge in [0.2, 0.25) is 0 Å². The number of nitrogens with one attached hydrogen (secondary N) is 1. The minimum atomic E-state index is -0.299. The molecule has 0 aromatic heterocycles. The first kappa shape index (κ1) is 14.3. The Labute approximate surface area is 104 Å². The zero-order valence-corrected chi connectivity index (χ0v) is 11.1. The molecule has 5 heteroatoms.